The summed E-state index contributed by atoms with van der Waals surface area (Å²) in [4.78, 5) is 4.23. The van der Waals surface area contributed by atoms with Crippen LogP contribution in [-0.2, 0) is 17.9 Å². The Bertz CT molecular complexity index is 655. The maximum Gasteiger partial charge on any atom is 0.411 e. The van der Waals surface area contributed by atoms with Gasteiger partial charge in [0.25, 0.3) is 0 Å². The SMILES string of the molecule is CCn1c(COCC(F)(F)F)nc2cc(C#N)ccc21. The largest absolute Gasteiger partial charge is 0.411 e. The first-order chi connectivity index (χ1) is 9.44. The first-order valence-corrected chi connectivity index (χ1v) is 5.98. The summed E-state index contributed by atoms with van der Waals surface area (Å²) in [6.45, 7) is 0.910. The smallest absolute Gasteiger partial charge is 0.364 e. The molecule has 0 bridgehead atoms. The van der Waals surface area contributed by atoms with Crippen molar-refractivity contribution >= 4 is 11.0 Å². The summed E-state index contributed by atoms with van der Waals surface area (Å²) in [6, 6.07) is 6.99. The minimum atomic E-state index is -4.35. The van der Waals surface area contributed by atoms with Crippen LogP contribution in [0.4, 0.5) is 13.2 Å². The number of hydrogen-bond donors (Lipinski definition) is 0. The highest BCUT2D eigenvalue weighted by Gasteiger charge is 2.27. The Hall–Kier alpha value is -2.07. The lowest BCUT2D eigenvalue weighted by Gasteiger charge is -2.08. The van der Waals surface area contributed by atoms with Crippen molar-refractivity contribution in [2.75, 3.05) is 6.61 Å². The first kappa shape index (κ1) is 14.3. The monoisotopic (exact) mass is 283 g/mol. The second-order valence-corrected chi connectivity index (χ2v) is 4.20. The van der Waals surface area contributed by atoms with E-state index < -0.39 is 12.8 Å². The molecule has 2 rings (SSSR count). The minimum Gasteiger partial charge on any atom is -0.364 e. The van der Waals surface area contributed by atoms with Gasteiger partial charge in [0.1, 0.15) is 19.0 Å². The molecule has 0 atom stereocenters. The quantitative estimate of drug-likeness (QED) is 0.866. The molecule has 0 saturated carbocycles. The number of nitrogens with zero attached hydrogens (tertiary/aromatic N) is 3. The van der Waals surface area contributed by atoms with E-state index in [-0.39, 0.29) is 6.61 Å². The van der Waals surface area contributed by atoms with Gasteiger partial charge >= 0.3 is 6.18 Å². The Morgan fingerprint density at radius 1 is 1.40 bits per heavy atom. The van der Waals surface area contributed by atoms with Crippen LogP contribution in [0.5, 0.6) is 0 Å². The van der Waals surface area contributed by atoms with E-state index in [2.05, 4.69) is 9.72 Å². The van der Waals surface area contributed by atoms with Crippen molar-refractivity contribution < 1.29 is 17.9 Å². The lowest BCUT2D eigenvalue weighted by Crippen LogP contribution is -2.17. The second kappa shape index (κ2) is 5.51. The van der Waals surface area contributed by atoms with Crippen LogP contribution in [0, 0.1) is 11.3 Å². The standard InChI is InChI=1S/C13H12F3N3O/c1-2-19-11-4-3-9(6-17)5-10(11)18-12(19)7-20-8-13(14,15)16/h3-5H,2,7-8H2,1H3. The van der Waals surface area contributed by atoms with Gasteiger partial charge in [-0.25, -0.2) is 4.98 Å². The number of halogens is 3. The molecule has 0 spiro atoms. The van der Waals surface area contributed by atoms with Gasteiger partial charge in [-0.3, -0.25) is 0 Å². The Labute approximate surface area is 113 Å². The summed E-state index contributed by atoms with van der Waals surface area (Å²) >= 11 is 0. The molecule has 1 heterocycles. The molecule has 0 aliphatic rings. The van der Waals surface area contributed by atoms with Crippen LogP contribution < -0.4 is 0 Å². The van der Waals surface area contributed by atoms with Gasteiger partial charge in [-0.1, -0.05) is 0 Å². The molecule has 1 aromatic carbocycles. The number of rotatable bonds is 4. The summed E-state index contributed by atoms with van der Waals surface area (Å²) in [7, 11) is 0. The highest BCUT2D eigenvalue weighted by Crippen LogP contribution is 2.20. The molecule has 106 valence electrons. The van der Waals surface area contributed by atoms with Crippen LogP contribution in [-0.4, -0.2) is 22.3 Å². The molecule has 1 aromatic heterocycles. The first-order valence-electron chi connectivity index (χ1n) is 5.98. The number of hydrogen-bond acceptors (Lipinski definition) is 3. The fourth-order valence-corrected chi connectivity index (χ4v) is 1.97. The van der Waals surface area contributed by atoms with Crippen LogP contribution in [0.25, 0.3) is 11.0 Å². The van der Waals surface area contributed by atoms with Gasteiger partial charge in [0.05, 0.1) is 22.7 Å². The Balaban J connectivity index is 2.27. The molecule has 0 unspecified atom stereocenters. The summed E-state index contributed by atoms with van der Waals surface area (Å²) in [5.74, 6) is 0.418. The molecule has 0 aliphatic heterocycles. The number of benzene rings is 1. The fraction of sp³-hybridized carbons (Fsp3) is 0.385. The van der Waals surface area contributed by atoms with E-state index >= 15 is 0 Å². The van der Waals surface area contributed by atoms with Gasteiger partial charge in [0, 0.05) is 6.54 Å². The second-order valence-electron chi connectivity index (χ2n) is 4.20. The molecule has 7 heteroatoms. The third-order valence-corrected chi connectivity index (χ3v) is 2.77. The predicted molar refractivity (Wildman–Crippen MR) is 65.8 cm³/mol. The van der Waals surface area contributed by atoms with Crippen molar-refractivity contribution in [3.05, 3.63) is 29.6 Å². The lowest BCUT2D eigenvalue weighted by atomic mass is 10.2. The molecule has 2 aromatic rings. The van der Waals surface area contributed by atoms with Gasteiger partial charge < -0.3 is 9.30 Å². The van der Waals surface area contributed by atoms with E-state index in [9.17, 15) is 13.2 Å². The maximum absolute atomic E-state index is 12.1. The van der Waals surface area contributed by atoms with E-state index in [4.69, 9.17) is 5.26 Å². The van der Waals surface area contributed by atoms with E-state index in [0.717, 1.165) is 5.52 Å². The number of aromatic nitrogens is 2. The average molecular weight is 283 g/mol. The van der Waals surface area contributed by atoms with Crippen LogP contribution in [0.3, 0.4) is 0 Å². The van der Waals surface area contributed by atoms with Gasteiger partial charge in [0.15, 0.2) is 0 Å². The van der Waals surface area contributed by atoms with Crippen molar-refractivity contribution in [3.8, 4) is 6.07 Å². The van der Waals surface area contributed by atoms with E-state index in [1.807, 2.05) is 13.0 Å². The molecule has 0 amide bonds. The molecule has 0 fully saturated rings. The van der Waals surface area contributed by atoms with Crippen molar-refractivity contribution in [3.63, 3.8) is 0 Å². The zero-order valence-corrected chi connectivity index (χ0v) is 10.7. The predicted octanol–water partition coefficient (Wildman–Crippen LogP) is 3.01. The Morgan fingerprint density at radius 2 is 2.15 bits per heavy atom. The molecule has 4 nitrogen and oxygen atoms in total. The fourth-order valence-electron chi connectivity index (χ4n) is 1.97. The normalized spacial score (nSPS) is 11.8. The van der Waals surface area contributed by atoms with Crippen molar-refractivity contribution in [2.45, 2.75) is 26.3 Å². The third-order valence-electron chi connectivity index (χ3n) is 2.77. The lowest BCUT2D eigenvalue weighted by molar-refractivity contribution is -0.177. The van der Waals surface area contributed by atoms with Gasteiger partial charge in [-0.2, -0.15) is 18.4 Å². The van der Waals surface area contributed by atoms with Gasteiger partial charge in [-0.15, -0.1) is 0 Å². The topological polar surface area (TPSA) is 50.8 Å². The van der Waals surface area contributed by atoms with Crippen LogP contribution in [0.1, 0.15) is 18.3 Å². The third kappa shape index (κ3) is 3.08. The van der Waals surface area contributed by atoms with E-state index in [0.29, 0.717) is 23.4 Å². The van der Waals surface area contributed by atoms with Crippen LogP contribution >= 0.6 is 0 Å². The number of alkyl halides is 3. The number of nitriles is 1. The number of fused-ring (bicyclic) bond motifs is 1. The highest BCUT2D eigenvalue weighted by atomic mass is 19.4. The van der Waals surface area contributed by atoms with Gasteiger partial charge in [0.2, 0.25) is 0 Å². The van der Waals surface area contributed by atoms with Crippen molar-refractivity contribution in [1.82, 2.24) is 9.55 Å². The van der Waals surface area contributed by atoms with Crippen molar-refractivity contribution in [2.24, 2.45) is 0 Å². The number of aryl methyl sites for hydroxylation is 1. The summed E-state index contributed by atoms with van der Waals surface area (Å²) < 4.78 is 42.6. The molecule has 0 aliphatic carbocycles. The molecule has 20 heavy (non-hydrogen) atoms. The Morgan fingerprint density at radius 3 is 2.75 bits per heavy atom. The zero-order chi connectivity index (χ0) is 14.8. The van der Waals surface area contributed by atoms with E-state index in [1.54, 1.807) is 22.8 Å². The molecule has 0 N–H and O–H groups in total. The number of imidazole rings is 1. The molecular weight excluding hydrogens is 271 g/mol. The average Bonchev–Trinajstić information content (AvgIpc) is 2.73. The van der Waals surface area contributed by atoms with Crippen molar-refractivity contribution in [1.29, 1.82) is 5.26 Å². The molecule has 0 saturated heterocycles. The van der Waals surface area contributed by atoms with Crippen LogP contribution in [0.15, 0.2) is 18.2 Å². The minimum absolute atomic E-state index is 0.218. The zero-order valence-electron chi connectivity index (χ0n) is 10.7. The van der Waals surface area contributed by atoms with Gasteiger partial charge in [-0.05, 0) is 25.1 Å². The summed E-state index contributed by atoms with van der Waals surface area (Å²) in [5.41, 5.74) is 1.81. The summed E-state index contributed by atoms with van der Waals surface area (Å²) in [5, 5.41) is 8.83. The maximum atomic E-state index is 12.1. The van der Waals surface area contributed by atoms with Crippen LogP contribution in [0.2, 0.25) is 0 Å². The van der Waals surface area contributed by atoms with E-state index in [1.165, 1.54) is 0 Å². The highest BCUT2D eigenvalue weighted by molar-refractivity contribution is 5.77. The molecule has 0 radical (unpaired) electrons. The Kier molecular flexibility index (Phi) is 3.95. The summed E-state index contributed by atoms with van der Waals surface area (Å²) in [6.07, 6.45) is -4.35. The number of ether oxygens (including phenoxy) is 1. The molecular formula is C13H12F3N3O.